The fraction of sp³-hybridized carbons (Fsp3) is 0.200. The van der Waals surface area contributed by atoms with E-state index in [0.717, 1.165) is 0 Å². The van der Waals surface area contributed by atoms with Gasteiger partial charge in [0.05, 0.1) is 0 Å². The number of para-hydroxylation sites is 2. The summed E-state index contributed by atoms with van der Waals surface area (Å²) in [5, 5.41) is 0. The Kier molecular flexibility index (Phi) is 4.56. The van der Waals surface area contributed by atoms with Crippen molar-refractivity contribution in [3.05, 3.63) is 24.3 Å². The summed E-state index contributed by atoms with van der Waals surface area (Å²) >= 11 is 0. The average molecular weight is 275 g/mol. The van der Waals surface area contributed by atoms with Gasteiger partial charge in [-0.3, -0.25) is 0 Å². The van der Waals surface area contributed by atoms with Crippen LogP contribution in [0.5, 0.6) is 5.75 Å². The summed E-state index contributed by atoms with van der Waals surface area (Å²) in [7, 11) is 0. The summed E-state index contributed by atoms with van der Waals surface area (Å²) in [4.78, 5) is 7.20. The molecule has 0 radical (unpaired) electrons. The SMILES string of the molecule is NC(N)=NC(N)=Nc1ccccc1OCC(F)(F)F. The molecule has 6 nitrogen and oxygen atoms in total. The summed E-state index contributed by atoms with van der Waals surface area (Å²) in [6.07, 6.45) is -4.44. The first-order valence-corrected chi connectivity index (χ1v) is 5.00. The minimum atomic E-state index is -4.44. The summed E-state index contributed by atoms with van der Waals surface area (Å²) in [5.74, 6) is -0.674. The highest BCUT2D eigenvalue weighted by Gasteiger charge is 2.28. The molecule has 0 bridgehead atoms. The maximum Gasteiger partial charge on any atom is 0.422 e. The van der Waals surface area contributed by atoms with Crippen LogP contribution in [-0.2, 0) is 0 Å². The first kappa shape index (κ1) is 14.6. The number of nitrogens with zero attached hydrogens (tertiary/aromatic N) is 2. The van der Waals surface area contributed by atoms with Gasteiger partial charge in [-0.2, -0.15) is 18.2 Å². The minimum absolute atomic E-state index is 0.0754. The Morgan fingerprint density at radius 3 is 2.37 bits per heavy atom. The first-order chi connectivity index (χ1) is 8.78. The molecule has 0 saturated heterocycles. The molecule has 104 valence electrons. The van der Waals surface area contributed by atoms with Crippen molar-refractivity contribution in [1.82, 2.24) is 0 Å². The molecule has 6 N–H and O–H groups in total. The van der Waals surface area contributed by atoms with Crippen LogP contribution in [0.15, 0.2) is 34.3 Å². The van der Waals surface area contributed by atoms with Gasteiger partial charge in [-0.25, -0.2) is 4.99 Å². The van der Waals surface area contributed by atoms with Crippen molar-refractivity contribution in [3.63, 3.8) is 0 Å². The van der Waals surface area contributed by atoms with Crippen LogP contribution in [0.4, 0.5) is 18.9 Å². The van der Waals surface area contributed by atoms with Crippen molar-refractivity contribution >= 4 is 17.6 Å². The Labute approximate surface area is 106 Å². The average Bonchev–Trinajstić information content (AvgIpc) is 2.25. The van der Waals surface area contributed by atoms with Gasteiger partial charge in [0.1, 0.15) is 11.4 Å². The van der Waals surface area contributed by atoms with Gasteiger partial charge >= 0.3 is 6.18 Å². The zero-order valence-electron chi connectivity index (χ0n) is 9.69. The predicted molar refractivity (Wildman–Crippen MR) is 65.1 cm³/mol. The molecule has 1 rings (SSSR count). The first-order valence-electron chi connectivity index (χ1n) is 5.00. The van der Waals surface area contributed by atoms with E-state index < -0.39 is 12.8 Å². The largest absolute Gasteiger partial charge is 0.482 e. The van der Waals surface area contributed by atoms with Crippen LogP contribution in [0.3, 0.4) is 0 Å². The maximum absolute atomic E-state index is 12.1. The summed E-state index contributed by atoms with van der Waals surface area (Å²) in [6, 6.07) is 5.80. The van der Waals surface area contributed by atoms with E-state index in [9.17, 15) is 13.2 Å². The molecular weight excluding hydrogens is 263 g/mol. The van der Waals surface area contributed by atoms with E-state index in [2.05, 4.69) is 14.7 Å². The molecule has 9 heteroatoms. The van der Waals surface area contributed by atoms with Crippen LogP contribution >= 0.6 is 0 Å². The van der Waals surface area contributed by atoms with Crippen molar-refractivity contribution in [2.45, 2.75) is 6.18 Å². The number of rotatable bonds is 3. The van der Waals surface area contributed by atoms with Gasteiger partial charge in [-0.1, -0.05) is 12.1 Å². The number of benzene rings is 1. The second-order valence-corrected chi connectivity index (χ2v) is 3.38. The van der Waals surface area contributed by atoms with Gasteiger partial charge in [0.15, 0.2) is 12.6 Å². The van der Waals surface area contributed by atoms with Crippen LogP contribution in [0.2, 0.25) is 0 Å². The lowest BCUT2D eigenvalue weighted by Crippen LogP contribution is -2.26. The lowest BCUT2D eigenvalue weighted by Gasteiger charge is -2.10. The van der Waals surface area contributed by atoms with Gasteiger partial charge in [0, 0.05) is 0 Å². The third-order valence-corrected chi connectivity index (χ3v) is 1.74. The topological polar surface area (TPSA) is 112 Å². The second kappa shape index (κ2) is 5.94. The molecule has 0 spiro atoms. The van der Waals surface area contributed by atoms with Gasteiger partial charge < -0.3 is 21.9 Å². The highest BCUT2D eigenvalue weighted by molar-refractivity contribution is 5.93. The molecule has 0 atom stereocenters. The number of hydrogen-bond donors (Lipinski definition) is 3. The standard InChI is InChI=1S/C10H12F3N5O/c11-10(12,13)5-19-7-4-2-1-3-6(7)17-9(16)18-8(14)15/h1-4H,5H2,(H6,14,15,16,17,18). The van der Waals surface area contributed by atoms with E-state index in [4.69, 9.17) is 17.2 Å². The van der Waals surface area contributed by atoms with Gasteiger partial charge in [0.2, 0.25) is 5.96 Å². The molecule has 19 heavy (non-hydrogen) atoms. The molecule has 0 fully saturated rings. The Hall–Kier alpha value is -2.45. The number of nitrogens with two attached hydrogens (primary N) is 3. The molecule has 1 aromatic carbocycles. The number of halogens is 3. The van der Waals surface area contributed by atoms with Crippen molar-refractivity contribution in [2.24, 2.45) is 27.2 Å². The normalized spacial score (nSPS) is 12.1. The highest BCUT2D eigenvalue weighted by atomic mass is 19.4. The number of hydrogen-bond acceptors (Lipinski definition) is 2. The van der Waals surface area contributed by atoms with Gasteiger partial charge in [0.25, 0.3) is 0 Å². The quantitative estimate of drug-likeness (QED) is 0.560. The molecule has 0 amide bonds. The number of ether oxygens (including phenoxy) is 1. The Bertz CT molecular complexity index is 494. The number of alkyl halides is 3. The smallest absolute Gasteiger partial charge is 0.422 e. The van der Waals surface area contributed by atoms with Crippen LogP contribution < -0.4 is 21.9 Å². The van der Waals surface area contributed by atoms with E-state index in [0.29, 0.717) is 0 Å². The lowest BCUT2D eigenvalue weighted by atomic mass is 10.3. The Balaban J connectivity index is 2.93. The lowest BCUT2D eigenvalue weighted by molar-refractivity contribution is -0.153. The van der Waals surface area contributed by atoms with E-state index in [1.54, 1.807) is 6.07 Å². The molecule has 0 heterocycles. The summed E-state index contributed by atoms with van der Waals surface area (Å²) < 4.78 is 40.8. The van der Waals surface area contributed by atoms with Crippen LogP contribution in [0.25, 0.3) is 0 Å². The maximum atomic E-state index is 12.1. The number of aliphatic imine (C=N–C) groups is 2. The van der Waals surface area contributed by atoms with Crippen molar-refractivity contribution < 1.29 is 17.9 Å². The molecule has 0 aliphatic heterocycles. The minimum Gasteiger partial charge on any atom is -0.482 e. The van der Waals surface area contributed by atoms with E-state index >= 15 is 0 Å². The molecule has 0 saturated carbocycles. The van der Waals surface area contributed by atoms with Gasteiger partial charge in [-0.15, -0.1) is 0 Å². The monoisotopic (exact) mass is 275 g/mol. The third-order valence-electron chi connectivity index (χ3n) is 1.74. The molecule has 0 aromatic heterocycles. The van der Waals surface area contributed by atoms with E-state index in [1.165, 1.54) is 18.2 Å². The van der Waals surface area contributed by atoms with E-state index in [-0.39, 0.29) is 23.4 Å². The molecular formula is C10H12F3N5O. The summed E-state index contributed by atoms with van der Waals surface area (Å²) in [5.41, 5.74) is 15.6. The molecule has 0 aliphatic rings. The zero-order chi connectivity index (χ0) is 14.5. The third kappa shape index (κ3) is 5.61. The van der Waals surface area contributed by atoms with Gasteiger partial charge in [-0.05, 0) is 12.1 Å². The van der Waals surface area contributed by atoms with Crippen molar-refractivity contribution in [3.8, 4) is 5.75 Å². The fourth-order valence-corrected chi connectivity index (χ4v) is 1.11. The van der Waals surface area contributed by atoms with Crippen molar-refractivity contribution in [2.75, 3.05) is 6.61 Å². The predicted octanol–water partition coefficient (Wildman–Crippen LogP) is 0.847. The molecule has 0 unspecified atom stereocenters. The van der Waals surface area contributed by atoms with Crippen LogP contribution in [0.1, 0.15) is 0 Å². The Morgan fingerprint density at radius 2 is 1.79 bits per heavy atom. The molecule has 1 aromatic rings. The Morgan fingerprint density at radius 1 is 1.16 bits per heavy atom. The van der Waals surface area contributed by atoms with Crippen molar-refractivity contribution in [1.29, 1.82) is 0 Å². The molecule has 0 aliphatic carbocycles. The van der Waals surface area contributed by atoms with Crippen LogP contribution in [-0.4, -0.2) is 24.7 Å². The fourth-order valence-electron chi connectivity index (χ4n) is 1.11. The number of guanidine groups is 2. The second-order valence-electron chi connectivity index (χ2n) is 3.38. The van der Waals surface area contributed by atoms with Crippen LogP contribution in [0, 0.1) is 0 Å². The highest BCUT2D eigenvalue weighted by Crippen LogP contribution is 2.28. The zero-order valence-corrected chi connectivity index (χ0v) is 9.69. The summed E-state index contributed by atoms with van der Waals surface area (Å²) in [6.45, 7) is -1.43. The van der Waals surface area contributed by atoms with E-state index in [1.807, 2.05) is 0 Å².